The molecule has 0 bridgehead atoms. The maximum atomic E-state index is 4.76. The molecule has 1 aliphatic heterocycles. The maximum Gasteiger partial charge on any atom is 0.123 e. The Labute approximate surface area is 130 Å². The van der Waals surface area contributed by atoms with Crippen LogP contribution >= 0.6 is 23.7 Å². The fourth-order valence-electron chi connectivity index (χ4n) is 2.38. The van der Waals surface area contributed by atoms with Crippen molar-refractivity contribution in [1.29, 1.82) is 0 Å². The zero-order valence-electron chi connectivity index (χ0n) is 11.4. The largest absolute Gasteiger partial charge is 0.315 e. The molecule has 1 fully saturated rings. The zero-order valence-corrected chi connectivity index (χ0v) is 13.1. The Balaban J connectivity index is 0.00000147. The van der Waals surface area contributed by atoms with E-state index in [-0.39, 0.29) is 12.4 Å². The molecule has 20 heavy (non-hydrogen) atoms. The van der Waals surface area contributed by atoms with E-state index in [4.69, 9.17) is 4.98 Å². The minimum absolute atomic E-state index is 0. The summed E-state index contributed by atoms with van der Waals surface area (Å²) in [7, 11) is 0. The molecular formula is C15H20ClN3S. The molecule has 0 atom stereocenters. The van der Waals surface area contributed by atoms with Crippen molar-refractivity contribution < 1.29 is 0 Å². The van der Waals surface area contributed by atoms with E-state index in [0.29, 0.717) is 0 Å². The quantitative estimate of drug-likeness (QED) is 0.944. The maximum absolute atomic E-state index is 4.76. The Hall–Kier alpha value is -0.940. The van der Waals surface area contributed by atoms with Crippen molar-refractivity contribution in [2.75, 3.05) is 26.2 Å². The van der Waals surface area contributed by atoms with Crippen molar-refractivity contribution in [1.82, 2.24) is 15.2 Å². The van der Waals surface area contributed by atoms with Gasteiger partial charge in [-0.05, 0) is 19.5 Å². The van der Waals surface area contributed by atoms with E-state index < -0.39 is 0 Å². The van der Waals surface area contributed by atoms with E-state index in [1.165, 1.54) is 24.2 Å². The third-order valence-corrected chi connectivity index (χ3v) is 4.33. The highest BCUT2D eigenvalue weighted by Crippen LogP contribution is 2.23. The lowest BCUT2D eigenvalue weighted by Crippen LogP contribution is -2.27. The zero-order chi connectivity index (χ0) is 12.9. The molecule has 2 heterocycles. The summed E-state index contributed by atoms with van der Waals surface area (Å²) in [5.74, 6) is 0. The molecule has 3 nitrogen and oxygen atoms in total. The normalized spacial score (nSPS) is 16.4. The summed E-state index contributed by atoms with van der Waals surface area (Å²) in [4.78, 5) is 7.25. The molecule has 0 radical (unpaired) electrons. The fraction of sp³-hybridized carbons (Fsp3) is 0.400. The summed E-state index contributed by atoms with van der Waals surface area (Å²) in [5.41, 5.74) is 2.42. The average molecular weight is 310 g/mol. The first-order chi connectivity index (χ1) is 9.42. The molecule has 0 saturated carbocycles. The first kappa shape index (κ1) is 15.4. The van der Waals surface area contributed by atoms with Crippen LogP contribution in [0.5, 0.6) is 0 Å². The van der Waals surface area contributed by atoms with Crippen LogP contribution in [-0.4, -0.2) is 36.1 Å². The summed E-state index contributed by atoms with van der Waals surface area (Å²) in [6.07, 6.45) is 1.23. The molecule has 0 aliphatic carbocycles. The number of nitrogens with one attached hydrogen (secondary N) is 1. The topological polar surface area (TPSA) is 28.2 Å². The molecule has 0 unspecified atom stereocenters. The second-order valence-corrected chi connectivity index (χ2v) is 5.75. The fourth-order valence-corrected chi connectivity index (χ4v) is 3.20. The Bertz CT molecular complexity index is 507. The van der Waals surface area contributed by atoms with Gasteiger partial charge in [-0.2, -0.15) is 0 Å². The van der Waals surface area contributed by atoms with Crippen LogP contribution in [0.3, 0.4) is 0 Å². The van der Waals surface area contributed by atoms with Crippen molar-refractivity contribution in [3.63, 3.8) is 0 Å². The predicted molar refractivity (Wildman–Crippen MR) is 87.6 cm³/mol. The Morgan fingerprint density at radius 3 is 2.85 bits per heavy atom. The van der Waals surface area contributed by atoms with Gasteiger partial charge in [0, 0.05) is 30.6 Å². The third-order valence-electron chi connectivity index (χ3n) is 3.39. The number of rotatable bonds is 3. The van der Waals surface area contributed by atoms with Crippen LogP contribution in [0.2, 0.25) is 0 Å². The van der Waals surface area contributed by atoms with Crippen LogP contribution in [0.25, 0.3) is 10.6 Å². The van der Waals surface area contributed by atoms with Gasteiger partial charge in [0.1, 0.15) is 5.01 Å². The number of halogens is 1. The second-order valence-electron chi connectivity index (χ2n) is 4.89. The van der Waals surface area contributed by atoms with Gasteiger partial charge in [-0.25, -0.2) is 4.98 Å². The Morgan fingerprint density at radius 2 is 2.00 bits per heavy atom. The van der Waals surface area contributed by atoms with Crippen LogP contribution in [0.1, 0.15) is 12.1 Å². The predicted octanol–water partition coefficient (Wildman–Crippen LogP) is 3.03. The molecule has 1 aromatic carbocycles. The van der Waals surface area contributed by atoms with E-state index in [9.17, 15) is 0 Å². The highest BCUT2D eigenvalue weighted by atomic mass is 35.5. The van der Waals surface area contributed by atoms with Gasteiger partial charge in [0.25, 0.3) is 0 Å². The van der Waals surface area contributed by atoms with E-state index in [1.54, 1.807) is 11.3 Å². The van der Waals surface area contributed by atoms with Crippen LogP contribution in [0.4, 0.5) is 0 Å². The number of hydrogen-bond acceptors (Lipinski definition) is 4. The lowest BCUT2D eigenvalue weighted by atomic mass is 10.2. The first-order valence-corrected chi connectivity index (χ1v) is 7.73. The molecule has 2 aromatic rings. The molecule has 5 heteroatoms. The van der Waals surface area contributed by atoms with Crippen LogP contribution in [0.15, 0.2) is 35.7 Å². The van der Waals surface area contributed by atoms with Gasteiger partial charge in [-0.15, -0.1) is 23.7 Å². The van der Waals surface area contributed by atoms with E-state index in [1.807, 2.05) is 6.07 Å². The molecule has 1 aromatic heterocycles. The summed E-state index contributed by atoms with van der Waals surface area (Å²) >= 11 is 1.74. The van der Waals surface area contributed by atoms with Crippen LogP contribution in [-0.2, 0) is 6.54 Å². The summed E-state index contributed by atoms with van der Waals surface area (Å²) in [6.45, 7) is 5.51. The highest BCUT2D eigenvalue weighted by Gasteiger charge is 2.11. The molecule has 3 rings (SSSR count). The van der Waals surface area contributed by atoms with Gasteiger partial charge in [0.15, 0.2) is 0 Å². The average Bonchev–Trinajstić information content (AvgIpc) is 2.76. The molecule has 0 amide bonds. The van der Waals surface area contributed by atoms with Crippen molar-refractivity contribution in [2.24, 2.45) is 0 Å². The van der Waals surface area contributed by atoms with E-state index in [2.05, 4.69) is 39.9 Å². The van der Waals surface area contributed by atoms with Crippen LogP contribution < -0.4 is 5.32 Å². The summed E-state index contributed by atoms with van der Waals surface area (Å²) < 4.78 is 0. The van der Waals surface area contributed by atoms with Gasteiger partial charge in [0.05, 0.1) is 5.69 Å². The Morgan fingerprint density at radius 1 is 1.15 bits per heavy atom. The van der Waals surface area contributed by atoms with E-state index in [0.717, 1.165) is 31.2 Å². The second kappa shape index (κ2) is 7.74. The molecule has 1 N–H and O–H groups in total. The lowest BCUT2D eigenvalue weighted by molar-refractivity contribution is 0.281. The number of thiazole rings is 1. The van der Waals surface area contributed by atoms with Crippen LogP contribution in [0, 0.1) is 0 Å². The number of nitrogens with zero attached hydrogens (tertiary/aromatic N) is 2. The number of hydrogen-bond donors (Lipinski definition) is 1. The van der Waals surface area contributed by atoms with Gasteiger partial charge >= 0.3 is 0 Å². The van der Waals surface area contributed by atoms with Gasteiger partial charge in [0.2, 0.25) is 0 Å². The molecule has 0 spiro atoms. The van der Waals surface area contributed by atoms with Crippen molar-refractivity contribution >= 4 is 23.7 Å². The van der Waals surface area contributed by atoms with Crippen molar-refractivity contribution in [3.05, 3.63) is 41.4 Å². The number of aromatic nitrogens is 1. The van der Waals surface area contributed by atoms with Gasteiger partial charge < -0.3 is 5.32 Å². The monoisotopic (exact) mass is 309 g/mol. The standard InChI is InChI=1S/C15H19N3S.ClH/c1-2-5-13(6-3-1)15-17-14(12-19-15)11-18-9-4-7-16-8-10-18;/h1-3,5-6,12,16H,4,7-11H2;1H. The summed E-state index contributed by atoms with van der Waals surface area (Å²) in [6, 6.07) is 10.4. The highest BCUT2D eigenvalue weighted by molar-refractivity contribution is 7.13. The lowest BCUT2D eigenvalue weighted by Gasteiger charge is -2.17. The van der Waals surface area contributed by atoms with Gasteiger partial charge in [-0.1, -0.05) is 30.3 Å². The Kier molecular flexibility index (Phi) is 5.98. The summed E-state index contributed by atoms with van der Waals surface area (Å²) in [5, 5.41) is 6.76. The minimum atomic E-state index is 0. The van der Waals surface area contributed by atoms with E-state index >= 15 is 0 Å². The molecule has 108 valence electrons. The third kappa shape index (κ3) is 4.03. The van der Waals surface area contributed by atoms with Crippen molar-refractivity contribution in [3.8, 4) is 10.6 Å². The van der Waals surface area contributed by atoms with Crippen molar-refractivity contribution in [2.45, 2.75) is 13.0 Å². The first-order valence-electron chi connectivity index (χ1n) is 6.85. The minimum Gasteiger partial charge on any atom is -0.315 e. The molecule has 1 saturated heterocycles. The van der Waals surface area contributed by atoms with Gasteiger partial charge in [-0.3, -0.25) is 4.90 Å². The molecule has 1 aliphatic rings. The number of benzene rings is 1. The smallest absolute Gasteiger partial charge is 0.123 e. The SMILES string of the molecule is Cl.c1ccc(-c2nc(CN3CCCNCC3)cs2)cc1. The molecular weight excluding hydrogens is 290 g/mol.